The van der Waals surface area contributed by atoms with Crippen molar-refractivity contribution < 1.29 is 8.78 Å². The Balaban J connectivity index is 3.25. The van der Waals surface area contributed by atoms with Crippen molar-refractivity contribution in [2.45, 2.75) is 5.33 Å². The number of hydrogen-bond acceptors (Lipinski definition) is 0. The van der Waals surface area contributed by atoms with Crippen LogP contribution in [0.3, 0.4) is 0 Å². The van der Waals surface area contributed by atoms with Gasteiger partial charge >= 0.3 is 0 Å². The van der Waals surface area contributed by atoms with Crippen LogP contribution >= 0.6 is 31.9 Å². The number of rotatable bonds is 1. The molecule has 0 spiro atoms. The molecule has 0 aliphatic rings. The van der Waals surface area contributed by atoms with Crippen LogP contribution in [0, 0.1) is 11.6 Å². The van der Waals surface area contributed by atoms with Crippen molar-refractivity contribution >= 4 is 31.9 Å². The summed E-state index contributed by atoms with van der Waals surface area (Å²) in [5.41, 5.74) is 0.443. The molecule has 11 heavy (non-hydrogen) atoms. The third kappa shape index (κ3) is 1.79. The zero-order chi connectivity index (χ0) is 8.43. The molecule has 0 heterocycles. The number of halogens is 4. The zero-order valence-corrected chi connectivity index (χ0v) is 8.55. The Labute approximate surface area is 79.9 Å². The lowest BCUT2D eigenvalue weighted by Crippen LogP contribution is -1.90. The SMILES string of the molecule is Fc1ccc(CBr)c(F)c1Br. The predicted molar refractivity (Wildman–Crippen MR) is 46.7 cm³/mol. The quantitative estimate of drug-likeness (QED) is 0.546. The largest absolute Gasteiger partial charge is 0.206 e. The fraction of sp³-hybridized carbons (Fsp3) is 0.143. The van der Waals surface area contributed by atoms with Crippen molar-refractivity contribution in [3.8, 4) is 0 Å². The van der Waals surface area contributed by atoms with Gasteiger partial charge in [0.15, 0.2) is 0 Å². The lowest BCUT2D eigenvalue weighted by atomic mass is 10.2. The molecule has 0 fully saturated rings. The highest BCUT2D eigenvalue weighted by Gasteiger charge is 2.09. The van der Waals surface area contributed by atoms with Crippen molar-refractivity contribution in [2.24, 2.45) is 0 Å². The summed E-state index contributed by atoms with van der Waals surface area (Å²) in [7, 11) is 0. The van der Waals surface area contributed by atoms with Crippen molar-refractivity contribution in [3.63, 3.8) is 0 Å². The van der Waals surface area contributed by atoms with Crippen LogP contribution in [0.2, 0.25) is 0 Å². The molecule has 0 saturated heterocycles. The summed E-state index contributed by atoms with van der Waals surface area (Å²) in [6, 6.07) is 2.63. The summed E-state index contributed by atoms with van der Waals surface area (Å²) in [5.74, 6) is -1.12. The van der Waals surface area contributed by atoms with E-state index in [1.165, 1.54) is 12.1 Å². The van der Waals surface area contributed by atoms with Gasteiger partial charge in [0.25, 0.3) is 0 Å². The first-order valence-corrected chi connectivity index (χ1v) is 4.76. The Morgan fingerprint density at radius 3 is 2.45 bits per heavy atom. The summed E-state index contributed by atoms with van der Waals surface area (Å²) < 4.78 is 25.4. The first-order valence-electron chi connectivity index (χ1n) is 2.85. The molecule has 0 saturated carbocycles. The normalized spacial score (nSPS) is 10.2. The van der Waals surface area contributed by atoms with Crippen LogP contribution in [0.1, 0.15) is 5.56 Å². The number of alkyl halides is 1. The minimum Gasteiger partial charge on any atom is -0.206 e. The second-order valence-corrected chi connectivity index (χ2v) is 3.32. The molecule has 0 nitrogen and oxygen atoms in total. The van der Waals surface area contributed by atoms with Gasteiger partial charge in [-0.3, -0.25) is 0 Å². The lowest BCUT2D eigenvalue weighted by Gasteiger charge is -2.00. The van der Waals surface area contributed by atoms with Crippen LogP contribution in [0.5, 0.6) is 0 Å². The summed E-state index contributed by atoms with van der Waals surface area (Å²) in [4.78, 5) is 0. The van der Waals surface area contributed by atoms with E-state index in [1.807, 2.05) is 0 Å². The summed E-state index contributed by atoms with van der Waals surface area (Å²) in [6.45, 7) is 0. The summed E-state index contributed by atoms with van der Waals surface area (Å²) >= 11 is 5.88. The van der Waals surface area contributed by atoms with Crippen LogP contribution < -0.4 is 0 Å². The molecular weight excluding hydrogens is 282 g/mol. The molecule has 0 amide bonds. The molecule has 0 aliphatic heterocycles. The highest BCUT2D eigenvalue weighted by Crippen LogP contribution is 2.23. The topological polar surface area (TPSA) is 0 Å². The van der Waals surface area contributed by atoms with E-state index in [2.05, 4.69) is 31.9 Å². The monoisotopic (exact) mass is 284 g/mol. The van der Waals surface area contributed by atoms with E-state index in [0.29, 0.717) is 10.9 Å². The van der Waals surface area contributed by atoms with Gasteiger partial charge in [0, 0.05) is 5.33 Å². The van der Waals surface area contributed by atoms with Crippen molar-refractivity contribution in [2.75, 3.05) is 0 Å². The van der Waals surface area contributed by atoms with Crippen LogP contribution in [0.25, 0.3) is 0 Å². The third-order valence-corrected chi connectivity index (χ3v) is 2.59. The van der Waals surface area contributed by atoms with Gasteiger partial charge in [-0.25, -0.2) is 8.78 Å². The van der Waals surface area contributed by atoms with Gasteiger partial charge < -0.3 is 0 Å². The van der Waals surface area contributed by atoms with E-state index in [1.54, 1.807) is 0 Å². The van der Waals surface area contributed by atoms with Gasteiger partial charge in [-0.2, -0.15) is 0 Å². The molecule has 0 atom stereocenters. The number of hydrogen-bond donors (Lipinski definition) is 0. The average Bonchev–Trinajstić information content (AvgIpc) is 2.01. The van der Waals surface area contributed by atoms with Crippen molar-refractivity contribution in [3.05, 3.63) is 33.8 Å². The highest BCUT2D eigenvalue weighted by atomic mass is 79.9. The second-order valence-electron chi connectivity index (χ2n) is 1.97. The van der Waals surface area contributed by atoms with Gasteiger partial charge in [-0.05, 0) is 27.6 Å². The van der Waals surface area contributed by atoms with E-state index in [0.717, 1.165) is 0 Å². The minimum atomic E-state index is -0.577. The fourth-order valence-electron chi connectivity index (χ4n) is 0.669. The van der Waals surface area contributed by atoms with E-state index >= 15 is 0 Å². The maximum absolute atomic E-state index is 12.9. The third-order valence-electron chi connectivity index (χ3n) is 1.26. The average molecular weight is 286 g/mol. The Morgan fingerprint density at radius 2 is 1.91 bits per heavy atom. The molecule has 0 radical (unpaired) electrons. The zero-order valence-electron chi connectivity index (χ0n) is 5.37. The Morgan fingerprint density at radius 1 is 1.27 bits per heavy atom. The van der Waals surface area contributed by atoms with Gasteiger partial charge in [-0.15, -0.1) is 0 Å². The fourth-order valence-corrected chi connectivity index (χ4v) is 1.49. The minimum absolute atomic E-state index is 0.102. The first-order chi connectivity index (χ1) is 5.16. The Hall–Kier alpha value is 0.0400. The molecular formula is C7H4Br2F2. The number of benzene rings is 1. The maximum atomic E-state index is 12.9. The van der Waals surface area contributed by atoms with Gasteiger partial charge in [0.05, 0.1) is 4.47 Å². The molecule has 1 rings (SSSR count). The van der Waals surface area contributed by atoms with Gasteiger partial charge in [0.1, 0.15) is 11.6 Å². The molecule has 60 valence electrons. The van der Waals surface area contributed by atoms with Crippen molar-refractivity contribution in [1.29, 1.82) is 0 Å². The molecule has 1 aromatic rings. The molecule has 0 aromatic heterocycles. The van der Waals surface area contributed by atoms with Crippen LogP contribution in [0.4, 0.5) is 8.78 Å². The standard InChI is InChI=1S/C7H4Br2F2/c8-3-4-1-2-5(10)6(9)7(4)11/h1-2H,3H2. The van der Waals surface area contributed by atoms with Crippen LogP contribution in [0.15, 0.2) is 16.6 Å². The first kappa shape index (κ1) is 9.13. The smallest absolute Gasteiger partial charge is 0.144 e. The Bertz CT molecular complexity index is 273. The van der Waals surface area contributed by atoms with Crippen LogP contribution in [-0.2, 0) is 5.33 Å². The van der Waals surface area contributed by atoms with Crippen molar-refractivity contribution in [1.82, 2.24) is 0 Å². The second kappa shape index (κ2) is 3.63. The molecule has 0 aliphatic carbocycles. The highest BCUT2D eigenvalue weighted by molar-refractivity contribution is 9.10. The maximum Gasteiger partial charge on any atom is 0.144 e. The molecule has 1 aromatic carbocycles. The van der Waals surface area contributed by atoms with Gasteiger partial charge in [-0.1, -0.05) is 22.0 Å². The Kier molecular flexibility index (Phi) is 3.01. The van der Waals surface area contributed by atoms with E-state index in [-0.39, 0.29) is 4.47 Å². The molecule has 0 N–H and O–H groups in total. The summed E-state index contributed by atoms with van der Waals surface area (Å²) in [5, 5.41) is 0.387. The van der Waals surface area contributed by atoms with E-state index in [4.69, 9.17) is 0 Å². The van der Waals surface area contributed by atoms with Gasteiger partial charge in [0.2, 0.25) is 0 Å². The van der Waals surface area contributed by atoms with Crippen LogP contribution in [-0.4, -0.2) is 0 Å². The van der Waals surface area contributed by atoms with E-state index in [9.17, 15) is 8.78 Å². The summed E-state index contributed by atoms with van der Waals surface area (Å²) in [6.07, 6.45) is 0. The molecule has 4 heteroatoms. The lowest BCUT2D eigenvalue weighted by molar-refractivity contribution is 0.565. The molecule has 0 unspecified atom stereocenters. The molecule has 0 bridgehead atoms. The predicted octanol–water partition coefficient (Wildman–Crippen LogP) is 3.62. The van der Waals surface area contributed by atoms with E-state index < -0.39 is 11.6 Å².